The van der Waals surface area contributed by atoms with E-state index in [1.54, 1.807) is 12.1 Å². The number of nitrogens with zero attached hydrogens (tertiary/aromatic N) is 1. The van der Waals surface area contributed by atoms with Crippen LogP contribution in [0.3, 0.4) is 0 Å². The summed E-state index contributed by atoms with van der Waals surface area (Å²) < 4.78 is 5.44. The van der Waals surface area contributed by atoms with E-state index in [4.69, 9.17) is 4.74 Å². The third-order valence-electron chi connectivity index (χ3n) is 2.74. The minimum atomic E-state index is -0.432. The van der Waals surface area contributed by atoms with Crippen LogP contribution in [0.4, 0.5) is 5.69 Å². The zero-order valence-electron chi connectivity index (χ0n) is 10.9. The van der Waals surface area contributed by atoms with Crippen molar-refractivity contribution in [2.24, 2.45) is 0 Å². The molecule has 2 aromatic rings. The number of hydrogen-bond acceptors (Lipinski definition) is 3. The van der Waals surface area contributed by atoms with Crippen molar-refractivity contribution >= 4 is 5.69 Å². The number of hydrogen-bond donors (Lipinski definition) is 0. The molecule has 2 rings (SSSR count). The summed E-state index contributed by atoms with van der Waals surface area (Å²) in [5.41, 5.74) is 1.27. The molecule has 0 aliphatic rings. The van der Waals surface area contributed by atoms with Crippen LogP contribution in [0.15, 0.2) is 66.7 Å². The van der Waals surface area contributed by atoms with Crippen LogP contribution >= 0.6 is 0 Å². The first-order chi connectivity index (χ1) is 9.75. The molecule has 0 aliphatic heterocycles. The molecule has 102 valence electrons. The highest BCUT2D eigenvalue weighted by molar-refractivity contribution is 5.38. The van der Waals surface area contributed by atoms with E-state index in [0.717, 1.165) is 6.42 Å². The molecule has 0 atom stereocenters. The van der Waals surface area contributed by atoms with Gasteiger partial charge in [0.25, 0.3) is 5.69 Å². The first-order valence-corrected chi connectivity index (χ1v) is 6.32. The Morgan fingerprint density at radius 3 is 2.60 bits per heavy atom. The summed E-state index contributed by atoms with van der Waals surface area (Å²) in [7, 11) is 0. The summed E-state index contributed by atoms with van der Waals surface area (Å²) >= 11 is 0. The first-order valence-electron chi connectivity index (χ1n) is 6.32. The van der Waals surface area contributed by atoms with Crippen molar-refractivity contribution in [1.29, 1.82) is 0 Å². The Labute approximate surface area is 117 Å². The summed E-state index contributed by atoms with van der Waals surface area (Å²) in [6.07, 6.45) is 4.78. The lowest BCUT2D eigenvalue weighted by Gasteiger charge is -2.02. The molecule has 0 saturated carbocycles. The Hall–Kier alpha value is -2.62. The number of nitro groups is 1. The molecule has 2 aromatic carbocycles. The second-order valence-corrected chi connectivity index (χ2v) is 4.23. The Morgan fingerprint density at radius 2 is 1.85 bits per heavy atom. The molecule has 0 amide bonds. The Bertz CT molecular complexity index is 594. The molecule has 4 heteroatoms. The van der Waals surface area contributed by atoms with Gasteiger partial charge in [0.1, 0.15) is 12.4 Å². The topological polar surface area (TPSA) is 52.4 Å². The second kappa shape index (κ2) is 7.09. The SMILES string of the molecule is O=[N+]([O-])c1cccc(OC/C=C/Cc2ccccc2)c1. The lowest BCUT2D eigenvalue weighted by atomic mass is 10.1. The zero-order chi connectivity index (χ0) is 14.2. The van der Waals surface area contributed by atoms with Crippen LogP contribution in [0.2, 0.25) is 0 Å². The van der Waals surface area contributed by atoms with Gasteiger partial charge in [-0.25, -0.2) is 0 Å². The fraction of sp³-hybridized carbons (Fsp3) is 0.125. The molecule has 0 fully saturated rings. The molecule has 0 aromatic heterocycles. The molecule has 0 aliphatic carbocycles. The summed E-state index contributed by atoms with van der Waals surface area (Å²) in [5, 5.41) is 10.6. The molecule has 20 heavy (non-hydrogen) atoms. The Balaban J connectivity index is 1.81. The van der Waals surface area contributed by atoms with Crippen LogP contribution in [0.25, 0.3) is 0 Å². The minimum absolute atomic E-state index is 0.0377. The molecular weight excluding hydrogens is 254 g/mol. The van der Waals surface area contributed by atoms with Gasteiger partial charge in [0.2, 0.25) is 0 Å². The summed E-state index contributed by atoms with van der Waals surface area (Å²) in [6.45, 7) is 0.397. The third kappa shape index (κ3) is 4.24. The van der Waals surface area contributed by atoms with Gasteiger partial charge in [-0.1, -0.05) is 48.6 Å². The van der Waals surface area contributed by atoms with E-state index in [1.807, 2.05) is 30.4 Å². The maximum absolute atomic E-state index is 10.6. The quantitative estimate of drug-likeness (QED) is 0.455. The Morgan fingerprint density at radius 1 is 1.05 bits per heavy atom. The van der Waals surface area contributed by atoms with E-state index < -0.39 is 4.92 Å². The maximum Gasteiger partial charge on any atom is 0.273 e. The normalized spacial score (nSPS) is 10.6. The molecule has 0 unspecified atom stereocenters. The third-order valence-corrected chi connectivity index (χ3v) is 2.74. The molecule has 0 saturated heterocycles. The van der Waals surface area contributed by atoms with E-state index in [1.165, 1.54) is 17.7 Å². The van der Waals surface area contributed by atoms with Gasteiger partial charge in [-0.05, 0) is 18.1 Å². The lowest BCUT2D eigenvalue weighted by molar-refractivity contribution is -0.384. The fourth-order valence-corrected chi connectivity index (χ4v) is 1.73. The van der Waals surface area contributed by atoms with E-state index in [-0.39, 0.29) is 5.69 Å². The molecule has 0 N–H and O–H groups in total. The summed E-state index contributed by atoms with van der Waals surface area (Å²) in [6, 6.07) is 16.3. The van der Waals surface area contributed by atoms with Gasteiger partial charge in [0.05, 0.1) is 11.0 Å². The molecule has 0 radical (unpaired) electrons. The van der Waals surface area contributed by atoms with Crippen LogP contribution in [0.5, 0.6) is 5.75 Å². The molecule has 0 bridgehead atoms. The van der Waals surface area contributed by atoms with Gasteiger partial charge in [-0.3, -0.25) is 10.1 Å². The van der Waals surface area contributed by atoms with Crippen molar-refractivity contribution in [3.05, 3.63) is 82.4 Å². The number of allylic oxidation sites excluding steroid dienone is 1. The van der Waals surface area contributed by atoms with Crippen molar-refractivity contribution in [2.75, 3.05) is 6.61 Å². The van der Waals surface area contributed by atoms with Crippen LogP contribution < -0.4 is 4.74 Å². The van der Waals surface area contributed by atoms with E-state index >= 15 is 0 Å². The average Bonchev–Trinajstić information content (AvgIpc) is 2.48. The molecule has 0 heterocycles. The number of ether oxygens (including phenoxy) is 1. The number of rotatable bonds is 6. The van der Waals surface area contributed by atoms with Gasteiger partial charge in [-0.15, -0.1) is 0 Å². The average molecular weight is 269 g/mol. The van der Waals surface area contributed by atoms with Crippen molar-refractivity contribution in [2.45, 2.75) is 6.42 Å². The predicted molar refractivity (Wildman–Crippen MR) is 77.9 cm³/mol. The van der Waals surface area contributed by atoms with Crippen molar-refractivity contribution in [3.8, 4) is 5.75 Å². The van der Waals surface area contributed by atoms with Crippen LogP contribution in [-0.2, 0) is 6.42 Å². The smallest absolute Gasteiger partial charge is 0.273 e. The van der Waals surface area contributed by atoms with Crippen LogP contribution in [0.1, 0.15) is 5.56 Å². The van der Waals surface area contributed by atoms with Crippen molar-refractivity contribution in [1.82, 2.24) is 0 Å². The highest BCUT2D eigenvalue weighted by atomic mass is 16.6. The number of benzene rings is 2. The highest BCUT2D eigenvalue weighted by Crippen LogP contribution is 2.18. The van der Waals surface area contributed by atoms with Gasteiger partial charge < -0.3 is 4.74 Å². The van der Waals surface area contributed by atoms with Crippen molar-refractivity contribution < 1.29 is 9.66 Å². The highest BCUT2D eigenvalue weighted by Gasteiger charge is 2.05. The monoisotopic (exact) mass is 269 g/mol. The molecular formula is C16H15NO3. The van der Waals surface area contributed by atoms with E-state index in [2.05, 4.69) is 12.1 Å². The van der Waals surface area contributed by atoms with Gasteiger partial charge >= 0.3 is 0 Å². The predicted octanol–water partition coefficient (Wildman–Crippen LogP) is 3.77. The van der Waals surface area contributed by atoms with Gasteiger partial charge in [0, 0.05) is 6.07 Å². The van der Waals surface area contributed by atoms with Gasteiger partial charge in [-0.2, -0.15) is 0 Å². The largest absolute Gasteiger partial charge is 0.489 e. The molecule has 4 nitrogen and oxygen atoms in total. The zero-order valence-corrected chi connectivity index (χ0v) is 10.9. The maximum atomic E-state index is 10.6. The minimum Gasteiger partial charge on any atom is -0.489 e. The second-order valence-electron chi connectivity index (χ2n) is 4.23. The first kappa shape index (κ1) is 13.8. The Kier molecular flexibility index (Phi) is 4.89. The lowest BCUT2D eigenvalue weighted by Crippen LogP contribution is -1.95. The summed E-state index contributed by atoms with van der Waals surface area (Å²) in [5.74, 6) is 0.503. The standard InChI is InChI=1S/C16H15NO3/c18-17(19)15-10-6-11-16(13-15)20-12-5-4-9-14-7-2-1-3-8-14/h1-8,10-11,13H,9,12H2/b5-4+. The van der Waals surface area contributed by atoms with Gasteiger partial charge in [0.15, 0.2) is 0 Å². The van der Waals surface area contributed by atoms with Crippen LogP contribution in [0, 0.1) is 10.1 Å². The van der Waals surface area contributed by atoms with Crippen LogP contribution in [-0.4, -0.2) is 11.5 Å². The number of nitro benzene ring substituents is 1. The molecule has 0 spiro atoms. The summed E-state index contributed by atoms with van der Waals surface area (Å²) in [4.78, 5) is 10.2. The number of non-ortho nitro benzene ring substituents is 1. The van der Waals surface area contributed by atoms with E-state index in [9.17, 15) is 10.1 Å². The fourth-order valence-electron chi connectivity index (χ4n) is 1.73. The van der Waals surface area contributed by atoms with E-state index in [0.29, 0.717) is 12.4 Å². The van der Waals surface area contributed by atoms with Crippen molar-refractivity contribution in [3.63, 3.8) is 0 Å².